The van der Waals surface area contributed by atoms with Crippen LogP contribution in [0.2, 0.25) is 0 Å². The largest absolute Gasteiger partial charge is 0.448 e. The summed E-state index contributed by atoms with van der Waals surface area (Å²) in [5.74, 6) is 0.717. The molecule has 1 amide bonds. The molecule has 5 nitrogen and oxygen atoms in total. The maximum absolute atomic E-state index is 12.1. The molecule has 1 aromatic heterocycles. The van der Waals surface area contributed by atoms with Gasteiger partial charge in [0.1, 0.15) is 0 Å². The standard InChI is InChI=1S/C20H21NO4S/c22-15(18-5-4-12-26-18)7-9-19(23)21-14-6-8-16-17(13-14)25-20(24-16)10-2-1-3-11-20/h4-6,8,12-13H,1-3,7,9-11H2,(H,21,23). The van der Waals surface area contributed by atoms with Crippen LogP contribution in [-0.2, 0) is 4.79 Å². The Morgan fingerprint density at radius 1 is 1.04 bits per heavy atom. The van der Waals surface area contributed by atoms with Crippen LogP contribution < -0.4 is 14.8 Å². The lowest BCUT2D eigenvalue weighted by Crippen LogP contribution is -2.40. The van der Waals surface area contributed by atoms with E-state index < -0.39 is 5.79 Å². The fraction of sp³-hybridized carbons (Fsp3) is 0.400. The van der Waals surface area contributed by atoms with E-state index in [2.05, 4.69) is 5.32 Å². The first kappa shape index (κ1) is 17.1. The zero-order valence-electron chi connectivity index (χ0n) is 14.5. The second-order valence-corrected chi connectivity index (χ2v) is 7.73. The van der Waals surface area contributed by atoms with Gasteiger partial charge in [0.25, 0.3) is 5.79 Å². The summed E-state index contributed by atoms with van der Waals surface area (Å²) >= 11 is 1.40. The van der Waals surface area contributed by atoms with Crippen molar-refractivity contribution in [2.45, 2.75) is 50.7 Å². The lowest BCUT2D eigenvalue weighted by Gasteiger charge is -2.31. The number of hydrogen-bond acceptors (Lipinski definition) is 5. The minimum Gasteiger partial charge on any atom is -0.448 e. The molecule has 1 spiro atoms. The summed E-state index contributed by atoms with van der Waals surface area (Å²) in [6.45, 7) is 0. The lowest BCUT2D eigenvalue weighted by atomic mass is 9.94. The van der Waals surface area contributed by atoms with Gasteiger partial charge in [0.15, 0.2) is 17.3 Å². The Bertz CT molecular complexity index is 809. The van der Waals surface area contributed by atoms with Crippen molar-refractivity contribution in [3.8, 4) is 11.5 Å². The maximum atomic E-state index is 12.1. The molecule has 1 aliphatic carbocycles. The highest BCUT2D eigenvalue weighted by molar-refractivity contribution is 7.12. The number of ketones is 1. The summed E-state index contributed by atoms with van der Waals surface area (Å²) in [5.41, 5.74) is 0.661. The summed E-state index contributed by atoms with van der Waals surface area (Å²) in [5, 5.41) is 4.70. The first-order valence-electron chi connectivity index (χ1n) is 9.02. The first-order chi connectivity index (χ1) is 12.6. The van der Waals surface area contributed by atoms with E-state index >= 15 is 0 Å². The molecule has 2 aliphatic rings. The van der Waals surface area contributed by atoms with Gasteiger partial charge >= 0.3 is 0 Å². The molecule has 0 unspecified atom stereocenters. The van der Waals surface area contributed by atoms with Crippen molar-refractivity contribution in [1.82, 2.24) is 0 Å². The minimum atomic E-state index is -0.518. The van der Waals surface area contributed by atoms with Gasteiger partial charge in [-0.3, -0.25) is 9.59 Å². The summed E-state index contributed by atoms with van der Waals surface area (Å²) in [4.78, 5) is 24.8. The third-order valence-electron chi connectivity index (χ3n) is 4.81. The van der Waals surface area contributed by atoms with Crippen molar-refractivity contribution < 1.29 is 19.1 Å². The number of rotatable bonds is 5. The number of benzene rings is 1. The van der Waals surface area contributed by atoms with Crippen LogP contribution in [0.5, 0.6) is 11.5 Å². The minimum absolute atomic E-state index is 0.0000713. The third-order valence-corrected chi connectivity index (χ3v) is 5.72. The van der Waals surface area contributed by atoms with Gasteiger partial charge in [-0.1, -0.05) is 12.5 Å². The predicted molar refractivity (Wildman–Crippen MR) is 100 cm³/mol. The molecule has 2 aromatic rings. The Hall–Kier alpha value is -2.34. The van der Waals surface area contributed by atoms with Crippen molar-refractivity contribution in [2.75, 3.05) is 5.32 Å². The van der Waals surface area contributed by atoms with E-state index in [-0.39, 0.29) is 24.5 Å². The number of Topliss-reactive ketones (excluding diaryl/α,β-unsaturated/α-hetero) is 1. The number of anilines is 1. The Balaban J connectivity index is 1.34. The normalized spacial score (nSPS) is 17.2. The fourth-order valence-corrected chi connectivity index (χ4v) is 4.17. The molecule has 26 heavy (non-hydrogen) atoms. The van der Waals surface area contributed by atoms with Crippen molar-refractivity contribution >= 4 is 28.7 Å². The van der Waals surface area contributed by atoms with Gasteiger partial charge in [0, 0.05) is 37.4 Å². The monoisotopic (exact) mass is 371 g/mol. The SMILES string of the molecule is O=C(CCC(=O)c1cccs1)Nc1ccc2c(c1)OC1(CCCCC1)O2. The van der Waals surface area contributed by atoms with E-state index in [1.807, 2.05) is 23.6 Å². The highest BCUT2D eigenvalue weighted by Crippen LogP contribution is 2.46. The van der Waals surface area contributed by atoms with Crippen molar-refractivity contribution in [3.63, 3.8) is 0 Å². The number of ether oxygens (including phenoxy) is 2. The third kappa shape index (κ3) is 3.60. The molecule has 0 atom stereocenters. The predicted octanol–water partition coefficient (Wildman–Crippen LogP) is 4.78. The second-order valence-electron chi connectivity index (χ2n) is 6.79. The van der Waals surface area contributed by atoms with E-state index in [4.69, 9.17) is 9.47 Å². The van der Waals surface area contributed by atoms with Crippen LogP contribution in [-0.4, -0.2) is 17.5 Å². The summed E-state index contributed by atoms with van der Waals surface area (Å²) in [7, 11) is 0. The molecule has 6 heteroatoms. The van der Waals surface area contributed by atoms with Gasteiger partial charge in [0.05, 0.1) is 4.88 Å². The van der Waals surface area contributed by atoms with Crippen LogP contribution in [0.1, 0.15) is 54.6 Å². The number of thiophene rings is 1. The molecular formula is C20H21NO4S. The Morgan fingerprint density at radius 2 is 1.85 bits per heavy atom. The van der Waals surface area contributed by atoms with Crippen molar-refractivity contribution in [2.24, 2.45) is 0 Å². The van der Waals surface area contributed by atoms with Crippen LogP contribution in [0.4, 0.5) is 5.69 Å². The number of hydrogen-bond donors (Lipinski definition) is 1. The maximum Gasteiger partial charge on any atom is 0.251 e. The summed E-state index contributed by atoms with van der Waals surface area (Å²) < 4.78 is 12.1. The Kier molecular flexibility index (Phi) is 4.68. The lowest BCUT2D eigenvalue weighted by molar-refractivity contribution is -0.116. The van der Waals surface area contributed by atoms with Crippen molar-refractivity contribution in [1.29, 1.82) is 0 Å². The quantitative estimate of drug-likeness (QED) is 0.768. The molecule has 2 heterocycles. The second kappa shape index (κ2) is 7.11. The molecule has 4 rings (SSSR count). The average molecular weight is 371 g/mol. The molecule has 1 aromatic carbocycles. The topological polar surface area (TPSA) is 64.6 Å². The highest BCUT2D eigenvalue weighted by atomic mass is 32.1. The number of carbonyl (C=O) groups is 2. The van der Waals surface area contributed by atoms with Crippen LogP contribution in [0.15, 0.2) is 35.7 Å². The van der Waals surface area contributed by atoms with E-state index in [9.17, 15) is 9.59 Å². The highest BCUT2D eigenvalue weighted by Gasteiger charge is 2.42. The number of nitrogens with one attached hydrogen (secondary N) is 1. The first-order valence-corrected chi connectivity index (χ1v) is 9.90. The fourth-order valence-electron chi connectivity index (χ4n) is 3.48. The zero-order chi connectivity index (χ0) is 18.0. The van der Waals surface area contributed by atoms with Crippen LogP contribution >= 0.6 is 11.3 Å². The van der Waals surface area contributed by atoms with E-state index in [1.54, 1.807) is 12.1 Å². The Labute approximate surface area is 156 Å². The number of carbonyl (C=O) groups excluding carboxylic acids is 2. The van der Waals surface area contributed by atoms with Gasteiger partial charge in [-0.2, -0.15) is 0 Å². The Morgan fingerprint density at radius 3 is 2.62 bits per heavy atom. The smallest absolute Gasteiger partial charge is 0.251 e. The van der Waals surface area contributed by atoms with Gasteiger partial charge in [0.2, 0.25) is 5.91 Å². The van der Waals surface area contributed by atoms with Crippen molar-refractivity contribution in [3.05, 3.63) is 40.6 Å². The molecule has 1 aliphatic heterocycles. The number of amides is 1. The molecule has 1 fully saturated rings. The average Bonchev–Trinajstić information content (AvgIpc) is 3.28. The molecule has 1 saturated carbocycles. The molecular weight excluding hydrogens is 350 g/mol. The summed E-state index contributed by atoms with van der Waals surface area (Å²) in [6.07, 6.45) is 5.60. The molecule has 0 bridgehead atoms. The van der Waals surface area contributed by atoms with E-state index in [0.29, 0.717) is 16.3 Å². The van der Waals surface area contributed by atoms with Crippen LogP contribution in [0.3, 0.4) is 0 Å². The van der Waals surface area contributed by atoms with E-state index in [0.717, 1.165) is 31.4 Å². The van der Waals surface area contributed by atoms with Gasteiger partial charge in [-0.15, -0.1) is 11.3 Å². The van der Waals surface area contributed by atoms with Crippen LogP contribution in [0.25, 0.3) is 0 Å². The molecule has 1 N–H and O–H groups in total. The molecule has 136 valence electrons. The van der Waals surface area contributed by atoms with E-state index in [1.165, 1.54) is 17.8 Å². The molecule has 0 radical (unpaired) electrons. The van der Waals surface area contributed by atoms with Gasteiger partial charge in [-0.25, -0.2) is 0 Å². The number of fused-ring (bicyclic) bond motifs is 1. The van der Waals surface area contributed by atoms with Gasteiger partial charge < -0.3 is 14.8 Å². The molecule has 0 saturated heterocycles. The zero-order valence-corrected chi connectivity index (χ0v) is 15.3. The summed E-state index contributed by atoms with van der Waals surface area (Å²) in [6, 6.07) is 9.07. The van der Waals surface area contributed by atoms with Crippen LogP contribution in [0, 0.1) is 0 Å². The van der Waals surface area contributed by atoms with Gasteiger partial charge in [-0.05, 0) is 36.4 Å².